The van der Waals surface area contributed by atoms with E-state index in [1.807, 2.05) is 50.4 Å². The van der Waals surface area contributed by atoms with Gasteiger partial charge in [-0.3, -0.25) is 9.59 Å². The van der Waals surface area contributed by atoms with E-state index in [-0.39, 0.29) is 18.3 Å². The number of amides is 1. The number of nitrogens with one attached hydrogen (secondary N) is 1. The van der Waals surface area contributed by atoms with Gasteiger partial charge in [-0.25, -0.2) is 9.97 Å². The summed E-state index contributed by atoms with van der Waals surface area (Å²) in [7, 11) is 1.34. The molecule has 6 nitrogen and oxygen atoms in total. The van der Waals surface area contributed by atoms with Gasteiger partial charge in [-0.2, -0.15) is 0 Å². The lowest BCUT2D eigenvalue weighted by atomic mass is 10.0. The summed E-state index contributed by atoms with van der Waals surface area (Å²) in [5.41, 5.74) is 3.66. The Bertz CT molecular complexity index is 773. The van der Waals surface area contributed by atoms with Crippen LogP contribution in [0.5, 0.6) is 0 Å². The third-order valence-corrected chi connectivity index (χ3v) is 4.87. The maximum atomic E-state index is 12.5. The molecule has 0 spiro atoms. The number of nitrogens with zero attached hydrogens (tertiary/aromatic N) is 2. The van der Waals surface area contributed by atoms with Gasteiger partial charge in [-0.05, 0) is 37.7 Å². The van der Waals surface area contributed by atoms with Gasteiger partial charge in [-0.15, -0.1) is 0 Å². The van der Waals surface area contributed by atoms with Crippen LogP contribution in [0, 0.1) is 13.8 Å². The van der Waals surface area contributed by atoms with Crippen LogP contribution in [-0.2, 0) is 20.7 Å². The predicted octanol–water partition coefficient (Wildman–Crippen LogP) is 3.17. The number of aryl methyl sites for hydroxylation is 2. The van der Waals surface area contributed by atoms with Crippen molar-refractivity contribution in [2.75, 3.05) is 13.4 Å². The highest BCUT2D eigenvalue weighted by Gasteiger charge is 2.19. The Morgan fingerprint density at radius 1 is 1.15 bits per heavy atom. The van der Waals surface area contributed by atoms with E-state index in [4.69, 9.17) is 4.74 Å². The second kappa shape index (κ2) is 10.1. The molecule has 2 aromatic rings. The Morgan fingerprint density at radius 3 is 2.33 bits per heavy atom. The fourth-order valence-electron chi connectivity index (χ4n) is 2.85. The maximum absolute atomic E-state index is 12.5. The van der Waals surface area contributed by atoms with Crippen LogP contribution in [0.25, 0.3) is 0 Å². The first kappa shape index (κ1) is 20.9. The van der Waals surface area contributed by atoms with Crippen LogP contribution < -0.4 is 5.32 Å². The first-order valence-electron chi connectivity index (χ1n) is 8.73. The van der Waals surface area contributed by atoms with E-state index in [0.29, 0.717) is 12.8 Å². The average Bonchev–Trinajstić information content (AvgIpc) is 2.67. The number of ether oxygens (including phenoxy) is 1. The van der Waals surface area contributed by atoms with Gasteiger partial charge in [-0.1, -0.05) is 42.1 Å². The molecule has 0 aliphatic rings. The molecule has 0 aliphatic heterocycles. The molecule has 0 saturated carbocycles. The summed E-state index contributed by atoms with van der Waals surface area (Å²) in [6.07, 6.45) is 2.88. The number of carbonyl (C=O) groups excluding carboxylic acids is 2. The third-order valence-electron chi connectivity index (χ3n) is 4.32. The van der Waals surface area contributed by atoms with E-state index in [9.17, 15) is 9.59 Å². The topological polar surface area (TPSA) is 81.2 Å². The number of aromatic nitrogens is 2. The van der Waals surface area contributed by atoms with E-state index < -0.39 is 6.04 Å². The average molecular weight is 388 g/mol. The SMILES string of the molecule is COC(=O)C[C@@H](NC(=O)CCc1c(C)nc(SC)nc1C)c1ccccc1. The maximum Gasteiger partial charge on any atom is 0.307 e. The summed E-state index contributed by atoms with van der Waals surface area (Å²) in [6, 6.07) is 9.01. The Labute approximate surface area is 164 Å². The minimum atomic E-state index is -0.413. The zero-order valence-corrected chi connectivity index (χ0v) is 16.9. The molecule has 0 saturated heterocycles. The molecule has 27 heavy (non-hydrogen) atoms. The normalized spacial score (nSPS) is 11.7. The summed E-state index contributed by atoms with van der Waals surface area (Å²) in [4.78, 5) is 33.1. The van der Waals surface area contributed by atoms with Crippen LogP contribution in [0.3, 0.4) is 0 Å². The number of hydrogen-bond acceptors (Lipinski definition) is 6. The quantitative estimate of drug-likeness (QED) is 0.426. The second-order valence-corrected chi connectivity index (χ2v) is 6.94. The number of hydrogen-bond donors (Lipinski definition) is 1. The van der Waals surface area contributed by atoms with Crippen molar-refractivity contribution in [1.82, 2.24) is 15.3 Å². The highest BCUT2D eigenvalue weighted by Crippen LogP contribution is 2.19. The summed E-state index contributed by atoms with van der Waals surface area (Å²) >= 11 is 1.50. The van der Waals surface area contributed by atoms with Crippen LogP contribution in [0.1, 0.15) is 41.4 Å². The van der Waals surface area contributed by atoms with Crippen LogP contribution in [0.15, 0.2) is 35.5 Å². The van der Waals surface area contributed by atoms with E-state index >= 15 is 0 Å². The molecule has 2 rings (SSSR count). The molecule has 144 valence electrons. The first-order valence-corrected chi connectivity index (χ1v) is 9.96. The zero-order valence-electron chi connectivity index (χ0n) is 16.1. The Balaban J connectivity index is 2.05. The fraction of sp³-hybridized carbons (Fsp3) is 0.400. The van der Waals surface area contributed by atoms with Gasteiger partial charge in [0.15, 0.2) is 5.16 Å². The largest absolute Gasteiger partial charge is 0.469 e. The molecular weight excluding hydrogens is 362 g/mol. The van der Waals surface area contributed by atoms with Crippen LogP contribution in [0.4, 0.5) is 0 Å². The van der Waals surface area contributed by atoms with Crippen molar-refractivity contribution in [3.63, 3.8) is 0 Å². The van der Waals surface area contributed by atoms with E-state index in [1.165, 1.54) is 18.9 Å². The monoisotopic (exact) mass is 387 g/mol. The predicted molar refractivity (Wildman–Crippen MR) is 106 cm³/mol. The molecule has 1 N–H and O–H groups in total. The number of carbonyl (C=O) groups is 2. The Kier molecular flexibility index (Phi) is 7.79. The van der Waals surface area contributed by atoms with Gasteiger partial charge >= 0.3 is 5.97 Å². The molecular formula is C20H25N3O3S. The van der Waals surface area contributed by atoms with Crippen LogP contribution in [0.2, 0.25) is 0 Å². The zero-order chi connectivity index (χ0) is 19.8. The van der Waals surface area contributed by atoms with Gasteiger partial charge in [0.25, 0.3) is 0 Å². The van der Waals surface area contributed by atoms with Crippen molar-refractivity contribution in [3.05, 3.63) is 52.8 Å². The molecule has 7 heteroatoms. The molecule has 1 heterocycles. The van der Waals surface area contributed by atoms with Crippen molar-refractivity contribution in [2.24, 2.45) is 0 Å². The van der Waals surface area contributed by atoms with Crippen molar-refractivity contribution >= 4 is 23.6 Å². The third kappa shape index (κ3) is 6.06. The molecule has 1 aromatic heterocycles. The standard InChI is InChI=1S/C20H25N3O3S/c1-13-16(14(2)22-20(21-13)27-4)10-11-18(24)23-17(12-19(25)26-3)15-8-6-5-7-9-15/h5-9,17H,10-12H2,1-4H3,(H,23,24)/t17-/m1/s1. The molecule has 1 atom stereocenters. The van der Waals surface area contributed by atoms with Gasteiger partial charge in [0.1, 0.15) is 0 Å². The van der Waals surface area contributed by atoms with Gasteiger partial charge in [0.2, 0.25) is 5.91 Å². The molecule has 0 radical (unpaired) electrons. The van der Waals surface area contributed by atoms with Gasteiger partial charge in [0.05, 0.1) is 19.6 Å². The van der Waals surface area contributed by atoms with Gasteiger partial charge < -0.3 is 10.1 Å². The highest BCUT2D eigenvalue weighted by molar-refractivity contribution is 7.98. The molecule has 1 aromatic carbocycles. The van der Waals surface area contributed by atoms with Crippen LogP contribution >= 0.6 is 11.8 Å². The van der Waals surface area contributed by atoms with E-state index in [2.05, 4.69) is 15.3 Å². The molecule has 0 bridgehead atoms. The number of thioether (sulfide) groups is 1. The summed E-state index contributed by atoms with van der Waals surface area (Å²) in [6.45, 7) is 3.87. The molecule has 0 unspecified atom stereocenters. The Hall–Kier alpha value is -2.41. The second-order valence-electron chi connectivity index (χ2n) is 6.17. The molecule has 1 amide bonds. The number of rotatable bonds is 8. The van der Waals surface area contributed by atoms with E-state index in [0.717, 1.165) is 27.7 Å². The fourth-order valence-corrected chi connectivity index (χ4v) is 3.31. The minimum absolute atomic E-state index is 0.0931. The lowest BCUT2D eigenvalue weighted by Gasteiger charge is -2.18. The number of benzene rings is 1. The van der Waals surface area contributed by atoms with Crippen LogP contribution in [-0.4, -0.2) is 35.2 Å². The smallest absolute Gasteiger partial charge is 0.307 e. The molecule has 0 fully saturated rings. The van der Waals surface area contributed by atoms with E-state index in [1.54, 1.807) is 0 Å². The number of esters is 1. The summed E-state index contributed by atoms with van der Waals surface area (Å²) < 4.78 is 4.76. The van der Waals surface area contributed by atoms with Crippen molar-refractivity contribution in [2.45, 2.75) is 44.3 Å². The van der Waals surface area contributed by atoms with Crippen molar-refractivity contribution in [1.29, 1.82) is 0 Å². The minimum Gasteiger partial charge on any atom is -0.469 e. The number of methoxy groups -OCH3 is 1. The first-order chi connectivity index (χ1) is 12.9. The van der Waals surface area contributed by atoms with Crippen molar-refractivity contribution in [3.8, 4) is 0 Å². The molecule has 0 aliphatic carbocycles. The lowest BCUT2D eigenvalue weighted by Crippen LogP contribution is -2.30. The Morgan fingerprint density at radius 2 is 1.78 bits per heavy atom. The highest BCUT2D eigenvalue weighted by atomic mass is 32.2. The van der Waals surface area contributed by atoms with Crippen molar-refractivity contribution < 1.29 is 14.3 Å². The lowest BCUT2D eigenvalue weighted by molar-refractivity contribution is -0.141. The van der Waals surface area contributed by atoms with Gasteiger partial charge in [0, 0.05) is 17.8 Å². The summed E-state index contributed by atoms with van der Waals surface area (Å²) in [5, 5.41) is 3.68. The summed E-state index contributed by atoms with van der Waals surface area (Å²) in [5.74, 6) is -0.489.